The molecular weight excluding hydrogens is 366 g/mol. The summed E-state index contributed by atoms with van der Waals surface area (Å²) < 4.78 is 32.8. The topological polar surface area (TPSA) is 88.6 Å². The molecule has 1 aromatic heterocycles. The Hall–Kier alpha value is -2.45. The molecule has 27 heavy (non-hydrogen) atoms. The molecule has 2 fully saturated rings. The summed E-state index contributed by atoms with van der Waals surface area (Å²) >= 11 is 0. The molecule has 1 aliphatic heterocycles. The van der Waals surface area contributed by atoms with Crippen LogP contribution < -0.4 is 10.1 Å². The van der Waals surface area contributed by atoms with Gasteiger partial charge in [-0.25, -0.2) is 13.4 Å². The van der Waals surface area contributed by atoms with Crippen molar-refractivity contribution in [1.29, 1.82) is 0 Å². The minimum absolute atomic E-state index is 0.0928. The van der Waals surface area contributed by atoms with Gasteiger partial charge < -0.3 is 10.1 Å². The second-order valence-corrected chi connectivity index (χ2v) is 8.83. The number of hydrogen-bond acceptors (Lipinski definition) is 5. The zero-order chi connectivity index (χ0) is 19.0. The van der Waals surface area contributed by atoms with Gasteiger partial charge in [0.1, 0.15) is 0 Å². The maximum absolute atomic E-state index is 13.0. The summed E-state index contributed by atoms with van der Waals surface area (Å²) in [4.78, 5) is 16.8. The molecule has 4 rings (SSSR count). The first kappa shape index (κ1) is 17.9. The molecule has 7 nitrogen and oxygen atoms in total. The van der Waals surface area contributed by atoms with E-state index in [-0.39, 0.29) is 22.3 Å². The number of sulfonamides is 1. The van der Waals surface area contributed by atoms with Crippen molar-refractivity contribution in [2.24, 2.45) is 5.92 Å². The van der Waals surface area contributed by atoms with Crippen LogP contribution in [0.2, 0.25) is 0 Å². The van der Waals surface area contributed by atoms with E-state index >= 15 is 0 Å². The van der Waals surface area contributed by atoms with E-state index in [1.165, 1.54) is 13.2 Å². The molecule has 142 valence electrons. The van der Waals surface area contributed by atoms with Crippen molar-refractivity contribution < 1.29 is 17.9 Å². The van der Waals surface area contributed by atoms with Crippen LogP contribution in [0.3, 0.4) is 0 Å². The smallest absolute Gasteiger partial charge is 0.256 e. The van der Waals surface area contributed by atoms with E-state index in [2.05, 4.69) is 10.3 Å². The normalized spacial score (nSPS) is 22.0. The van der Waals surface area contributed by atoms with E-state index in [4.69, 9.17) is 4.74 Å². The molecule has 1 saturated heterocycles. The van der Waals surface area contributed by atoms with Crippen molar-refractivity contribution in [3.8, 4) is 5.75 Å². The number of aromatic nitrogens is 1. The molecule has 0 spiro atoms. The summed E-state index contributed by atoms with van der Waals surface area (Å²) in [6.07, 6.45) is 4.51. The van der Waals surface area contributed by atoms with Crippen LogP contribution in [0.4, 0.5) is 5.82 Å². The second-order valence-electron chi connectivity index (χ2n) is 6.94. The van der Waals surface area contributed by atoms with Crippen LogP contribution in [0.1, 0.15) is 29.6 Å². The van der Waals surface area contributed by atoms with Crippen LogP contribution in [-0.4, -0.2) is 43.3 Å². The minimum Gasteiger partial charge on any atom is -0.493 e. The fourth-order valence-electron chi connectivity index (χ4n) is 3.94. The Morgan fingerprint density at radius 1 is 1.26 bits per heavy atom. The second kappa shape index (κ2) is 6.94. The molecule has 2 atom stereocenters. The van der Waals surface area contributed by atoms with Gasteiger partial charge in [-0.3, -0.25) is 4.79 Å². The van der Waals surface area contributed by atoms with Gasteiger partial charge in [-0.1, -0.05) is 6.07 Å². The van der Waals surface area contributed by atoms with Crippen LogP contribution in [0.5, 0.6) is 5.75 Å². The Labute approximate surface area is 158 Å². The predicted octanol–water partition coefficient (Wildman–Crippen LogP) is 2.52. The van der Waals surface area contributed by atoms with Crippen LogP contribution >= 0.6 is 0 Å². The maximum Gasteiger partial charge on any atom is 0.256 e. The molecule has 2 heterocycles. The van der Waals surface area contributed by atoms with E-state index < -0.39 is 15.9 Å². The molecule has 1 saturated carbocycles. The van der Waals surface area contributed by atoms with Gasteiger partial charge in [-0.2, -0.15) is 4.31 Å². The lowest BCUT2D eigenvalue weighted by Gasteiger charge is -2.26. The molecule has 8 heteroatoms. The quantitative estimate of drug-likeness (QED) is 0.852. The van der Waals surface area contributed by atoms with E-state index in [0.717, 1.165) is 19.3 Å². The lowest BCUT2D eigenvalue weighted by atomic mass is 10.1. The first-order valence-corrected chi connectivity index (χ1v) is 10.4. The third-order valence-corrected chi connectivity index (χ3v) is 7.20. The molecule has 2 bridgehead atoms. The molecule has 1 amide bonds. The lowest BCUT2D eigenvalue weighted by Crippen LogP contribution is -2.37. The number of fused-ring (bicyclic) bond motifs is 2. The predicted molar refractivity (Wildman–Crippen MR) is 100 cm³/mol. The summed E-state index contributed by atoms with van der Waals surface area (Å²) in [6, 6.07) is 9.62. The standard InChI is InChI=1S/C19H21N3O4S/c1-26-17-6-3-9-20-18(17)21-19(23)14-4-2-5-16(11-14)27(24,25)22-12-13-7-8-15(22)10-13/h2-6,9,11,13,15H,7-8,10,12H2,1H3,(H,20,21,23). The molecule has 1 N–H and O–H groups in total. The van der Waals surface area contributed by atoms with Gasteiger partial charge in [0.15, 0.2) is 11.6 Å². The summed E-state index contributed by atoms with van der Waals surface area (Å²) in [6.45, 7) is 0.578. The number of piperidine rings is 1. The first-order valence-electron chi connectivity index (χ1n) is 8.91. The van der Waals surface area contributed by atoms with Crippen molar-refractivity contribution in [3.05, 3.63) is 48.2 Å². The summed E-state index contributed by atoms with van der Waals surface area (Å²) in [5.41, 5.74) is 0.258. The van der Waals surface area contributed by atoms with Crippen LogP contribution in [0.25, 0.3) is 0 Å². The number of rotatable bonds is 5. The molecule has 1 aromatic carbocycles. The molecule has 2 unspecified atom stereocenters. The number of anilines is 1. The highest BCUT2D eigenvalue weighted by Crippen LogP contribution is 2.40. The third kappa shape index (κ3) is 3.30. The number of pyridine rings is 1. The molecular formula is C19H21N3O4S. The Morgan fingerprint density at radius 3 is 2.81 bits per heavy atom. The van der Waals surface area contributed by atoms with Gasteiger partial charge in [0, 0.05) is 24.3 Å². The van der Waals surface area contributed by atoms with Gasteiger partial charge in [0.05, 0.1) is 12.0 Å². The number of benzene rings is 1. The van der Waals surface area contributed by atoms with Crippen molar-refractivity contribution in [3.63, 3.8) is 0 Å². The Morgan fingerprint density at radius 2 is 2.11 bits per heavy atom. The SMILES string of the molecule is COc1cccnc1NC(=O)c1cccc(S(=O)(=O)N2CC3CCC2C3)c1. The van der Waals surface area contributed by atoms with Crippen molar-refractivity contribution in [2.45, 2.75) is 30.2 Å². The largest absolute Gasteiger partial charge is 0.493 e. The number of ether oxygens (including phenoxy) is 1. The number of nitrogens with zero attached hydrogens (tertiary/aromatic N) is 2. The highest BCUT2D eigenvalue weighted by Gasteiger charge is 2.44. The average Bonchev–Trinajstić information content (AvgIpc) is 3.32. The van der Waals surface area contributed by atoms with Crippen LogP contribution in [0, 0.1) is 5.92 Å². The van der Waals surface area contributed by atoms with Crippen molar-refractivity contribution in [1.82, 2.24) is 9.29 Å². The number of carbonyl (C=O) groups excluding carboxylic acids is 1. The van der Waals surface area contributed by atoms with Gasteiger partial charge in [-0.05, 0) is 55.5 Å². The fraction of sp³-hybridized carbons (Fsp3) is 0.368. The monoisotopic (exact) mass is 387 g/mol. The van der Waals surface area contributed by atoms with E-state index in [1.807, 2.05) is 0 Å². The Bertz CT molecular complexity index is 976. The number of carbonyl (C=O) groups is 1. The zero-order valence-corrected chi connectivity index (χ0v) is 15.8. The fourth-order valence-corrected chi connectivity index (χ4v) is 5.72. The highest BCUT2D eigenvalue weighted by molar-refractivity contribution is 7.89. The summed E-state index contributed by atoms with van der Waals surface area (Å²) in [7, 11) is -2.11. The van der Waals surface area contributed by atoms with Crippen LogP contribution in [-0.2, 0) is 10.0 Å². The van der Waals surface area contributed by atoms with Crippen molar-refractivity contribution >= 4 is 21.7 Å². The molecule has 2 aliphatic rings. The van der Waals surface area contributed by atoms with E-state index in [0.29, 0.717) is 18.2 Å². The van der Waals surface area contributed by atoms with Gasteiger partial charge >= 0.3 is 0 Å². The molecule has 2 aromatic rings. The maximum atomic E-state index is 13.0. The third-order valence-electron chi connectivity index (χ3n) is 5.28. The first-order chi connectivity index (χ1) is 13.0. The van der Waals surface area contributed by atoms with E-state index in [1.54, 1.807) is 40.8 Å². The van der Waals surface area contributed by atoms with Gasteiger partial charge in [0.2, 0.25) is 10.0 Å². The summed E-state index contributed by atoms with van der Waals surface area (Å²) in [5.74, 6) is 0.748. The number of amides is 1. The highest BCUT2D eigenvalue weighted by atomic mass is 32.2. The average molecular weight is 387 g/mol. The molecule has 1 aliphatic carbocycles. The minimum atomic E-state index is -3.60. The Balaban J connectivity index is 1.58. The Kier molecular flexibility index (Phi) is 4.61. The number of nitrogens with one attached hydrogen (secondary N) is 1. The number of methoxy groups -OCH3 is 1. The zero-order valence-electron chi connectivity index (χ0n) is 15.0. The van der Waals surface area contributed by atoms with Gasteiger partial charge in [-0.15, -0.1) is 0 Å². The van der Waals surface area contributed by atoms with Gasteiger partial charge in [0.25, 0.3) is 5.91 Å². The summed E-state index contributed by atoms with van der Waals surface area (Å²) in [5, 5.41) is 2.67. The van der Waals surface area contributed by atoms with Crippen LogP contribution in [0.15, 0.2) is 47.5 Å². The number of hydrogen-bond donors (Lipinski definition) is 1. The van der Waals surface area contributed by atoms with E-state index in [9.17, 15) is 13.2 Å². The molecule has 0 radical (unpaired) electrons. The lowest BCUT2D eigenvalue weighted by molar-refractivity contribution is 0.102. The van der Waals surface area contributed by atoms with Crippen molar-refractivity contribution in [2.75, 3.05) is 19.0 Å².